The summed E-state index contributed by atoms with van der Waals surface area (Å²) in [5.74, 6) is -1.14. The molecule has 0 aromatic carbocycles. The Balaban J connectivity index is 0.000001000. The van der Waals surface area contributed by atoms with Gasteiger partial charge in [0.1, 0.15) is 0 Å². The molecule has 1 saturated carbocycles. The summed E-state index contributed by atoms with van der Waals surface area (Å²) in [5.41, 5.74) is 5.32. The highest BCUT2D eigenvalue weighted by atomic mass is 35.5. The zero-order chi connectivity index (χ0) is 7.78. The van der Waals surface area contributed by atoms with Gasteiger partial charge >= 0.3 is 6.18 Å². The van der Waals surface area contributed by atoms with Gasteiger partial charge < -0.3 is 5.73 Å². The summed E-state index contributed by atoms with van der Waals surface area (Å²) in [5, 5.41) is 0. The maximum atomic E-state index is 11.9. The third kappa shape index (κ3) is 2.87. The molecule has 5 heteroatoms. The van der Waals surface area contributed by atoms with Gasteiger partial charge in [0, 0.05) is 6.04 Å². The van der Waals surface area contributed by atoms with E-state index in [9.17, 15) is 13.2 Å². The van der Waals surface area contributed by atoms with Crippen LogP contribution in [-0.4, -0.2) is 12.2 Å². The Hall–Kier alpha value is 0.0400. The Morgan fingerprint density at radius 3 is 1.91 bits per heavy atom. The van der Waals surface area contributed by atoms with E-state index in [2.05, 4.69) is 0 Å². The molecule has 11 heavy (non-hydrogen) atoms. The van der Waals surface area contributed by atoms with Gasteiger partial charge in [0.2, 0.25) is 0 Å². The van der Waals surface area contributed by atoms with Gasteiger partial charge in [0.15, 0.2) is 0 Å². The van der Waals surface area contributed by atoms with Crippen LogP contribution in [0.4, 0.5) is 13.2 Å². The molecule has 1 aliphatic carbocycles. The lowest BCUT2D eigenvalue weighted by Crippen LogP contribution is -2.22. The quantitative estimate of drug-likeness (QED) is 0.621. The molecule has 1 fully saturated rings. The predicted molar refractivity (Wildman–Crippen MR) is 38.6 cm³/mol. The molecule has 0 aliphatic heterocycles. The third-order valence-corrected chi connectivity index (χ3v) is 1.94. The molecule has 1 aliphatic rings. The number of halogens is 4. The van der Waals surface area contributed by atoms with Crippen molar-refractivity contribution in [1.29, 1.82) is 0 Å². The molecule has 0 heterocycles. The minimum Gasteiger partial charge on any atom is -0.328 e. The van der Waals surface area contributed by atoms with Crippen LogP contribution in [0.3, 0.4) is 0 Å². The van der Waals surface area contributed by atoms with Crippen LogP contribution in [0.5, 0.6) is 0 Å². The van der Waals surface area contributed by atoms with Crippen molar-refractivity contribution in [3.63, 3.8) is 0 Å². The van der Waals surface area contributed by atoms with Gasteiger partial charge in [-0.2, -0.15) is 13.2 Å². The molecule has 0 bridgehead atoms. The lowest BCUT2D eigenvalue weighted by molar-refractivity contribution is -0.172. The molecule has 0 aromatic rings. The van der Waals surface area contributed by atoms with E-state index in [0.29, 0.717) is 6.42 Å². The molecule has 0 saturated heterocycles. The lowest BCUT2D eigenvalue weighted by atomic mass is 10.1. The third-order valence-electron chi connectivity index (χ3n) is 1.94. The highest BCUT2D eigenvalue weighted by Crippen LogP contribution is 2.37. The monoisotopic (exact) mass is 189 g/mol. The Kier molecular flexibility index (Phi) is 3.64. The Labute approximate surface area is 69.5 Å². The first-order chi connectivity index (χ1) is 4.50. The van der Waals surface area contributed by atoms with Crippen LogP contribution in [0, 0.1) is 5.92 Å². The van der Waals surface area contributed by atoms with Gasteiger partial charge in [0.05, 0.1) is 5.92 Å². The summed E-state index contributed by atoms with van der Waals surface area (Å²) < 4.78 is 35.6. The van der Waals surface area contributed by atoms with Gasteiger partial charge in [-0.1, -0.05) is 0 Å². The lowest BCUT2D eigenvalue weighted by Gasteiger charge is -2.12. The molecular formula is C6H11ClF3N. The fourth-order valence-electron chi connectivity index (χ4n) is 1.31. The second-order valence-corrected chi connectivity index (χ2v) is 2.81. The Bertz CT molecular complexity index is 125. The van der Waals surface area contributed by atoms with Crippen molar-refractivity contribution in [2.24, 2.45) is 11.7 Å². The molecule has 0 amide bonds. The first-order valence-electron chi connectivity index (χ1n) is 3.32. The topological polar surface area (TPSA) is 26.0 Å². The molecule has 1 nitrogen and oxygen atoms in total. The zero-order valence-corrected chi connectivity index (χ0v) is 6.71. The highest BCUT2D eigenvalue weighted by molar-refractivity contribution is 5.85. The second kappa shape index (κ2) is 3.63. The van der Waals surface area contributed by atoms with E-state index in [1.807, 2.05) is 0 Å². The fourth-order valence-corrected chi connectivity index (χ4v) is 1.31. The average molecular weight is 190 g/mol. The summed E-state index contributed by atoms with van der Waals surface area (Å²) in [6.45, 7) is 0. The van der Waals surface area contributed by atoms with Crippen LogP contribution in [0.1, 0.15) is 19.3 Å². The van der Waals surface area contributed by atoms with Gasteiger partial charge in [-0.3, -0.25) is 0 Å². The molecule has 0 aromatic heterocycles. The van der Waals surface area contributed by atoms with Gasteiger partial charge in [-0.25, -0.2) is 0 Å². The second-order valence-electron chi connectivity index (χ2n) is 2.81. The number of rotatable bonds is 0. The smallest absolute Gasteiger partial charge is 0.328 e. The number of hydrogen-bond donors (Lipinski definition) is 1. The van der Waals surface area contributed by atoms with Crippen LogP contribution in [-0.2, 0) is 0 Å². The predicted octanol–water partition coefficient (Wildman–Crippen LogP) is 2.10. The van der Waals surface area contributed by atoms with E-state index in [1.165, 1.54) is 0 Å². The first kappa shape index (κ1) is 11.0. The largest absolute Gasteiger partial charge is 0.391 e. The number of hydrogen-bond acceptors (Lipinski definition) is 1. The summed E-state index contributed by atoms with van der Waals surface area (Å²) >= 11 is 0. The maximum Gasteiger partial charge on any atom is 0.391 e. The SMILES string of the molecule is Cl.N[C@@H]1CC[C@H](C(F)(F)F)C1. The molecule has 2 N–H and O–H groups in total. The van der Waals surface area contributed by atoms with Crippen molar-refractivity contribution in [3.8, 4) is 0 Å². The first-order valence-corrected chi connectivity index (χ1v) is 3.32. The molecule has 0 radical (unpaired) electrons. The molecule has 0 spiro atoms. The van der Waals surface area contributed by atoms with Gasteiger partial charge in [-0.05, 0) is 19.3 Å². The van der Waals surface area contributed by atoms with Crippen molar-refractivity contribution in [1.82, 2.24) is 0 Å². The molecule has 2 atom stereocenters. The van der Waals surface area contributed by atoms with Crippen LogP contribution in [0.2, 0.25) is 0 Å². The molecule has 68 valence electrons. The highest BCUT2D eigenvalue weighted by Gasteiger charge is 2.42. The average Bonchev–Trinajstić information content (AvgIpc) is 2.11. The Morgan fingerprint density at radius 2 is 1.73 bits per heavy atom. The van der Waals surface area contributed by atoms with E-state index >= 15 is 0 Å². The summed E-state index contributed by atoms with van der Waals surface area (Å²) in [7, 11) is 0. The number of alkyl halides is 3. The van der Waals surface area contributed by atoms with Crippen molar-refractivity contribution in [3.05, 3.63) is 0 Å². The van der Waals surface area contributed by atoms with Gasteiger partial charge in [-0.15, -0.1) is 12.4 Å². The van der Waals surface area contributed by atoms with Crippen LogP contribution < -0.4 is 5.73 Å². The number of nitrogens with two attached hydrogens (primary N) is 1. The van der Waals surface area contributed by atoms with Gasteiger partial charge in [0.25, 0.3) is 0 Å². The van der Waals surface area contributed by atoms with Crippen LogP contribution in [0.25, 0.3) is 0 Å². The van der Waals surface area contributed by atoms with Crippen molar-refractivity contribution in [2.75, 3.05) is 0 Å². The van der Waals surface area contributed by atoms with E-state index in [4.69, 9.17) is 5.73 Å². The van der Waals surface area contributed by atoms with Crippen molar-refractivity contribution < 1.29 is 13.2 Å². The summed E-state index contributed by atoms with van der Waals surface area (Å²) in [4.78, 5) is 0. The maximum absolute atomic E-state index is 11.9. The summed E-state index contributed by atoms with van der Waals surface area (Å²) in [6.07, 6.45) is -3.17. The van der Waals surface area contributed by atoms with E-state index in [1.54, 1.807) is 0 Å². The van der Waals surface area contributed by atoms with Crippen molar-refractivity contribution in [2.45, 2.75) is 31.5 Å². The zero-order valence-electron chi connectivity index (χ0n) is 5.90. The molecular weight excluding hydrogens is 179 g/mol. The molecule has 0 unspecified atom stereocenters. The van der Waals surface area contributed by atoms with E-state index < -0.39 is 12.1 Å². The van der Waals surface area contributed by atoms with Crippen LogP contribution in [0.15, 0.2) is 0 Å². The van der Waals surface area contributed by atoms with E-state index in [-0.39, 0.29) is 31.3 Å². The normalized spacial score (nSPS) is 31.6. The summed E-state index contributed by atoms with van der Waals surface area (Å²) in [6, 6.07) is -0.230. The Morgan fingerprint density at radius 1 is 1.18 bits per heavy atom. The van der Waals surface area contributed by atoms with E-state index in [0.717, 1.165) is 0 Å². The fraction of sp³-hybridized carbons (Fsp3) is 1.00. The van der Waals surface area contributed by atoms with Crippen molar-refractivity contribution >= 4 is 12.4 Å². The van der Waals surface area contributed by atoms with Crippen LogP contribution >= 0.6 is 12.4 Å². The minimum atomic E-state index is -4.02. The standard InChI is InChI=1S/C6H10F3N.ClH/c7-6(8,9)4-1-2-5(10)3-4;/h4-5H,1-3,10H2;1H/t4-,5+;/m0./s1. The minimum absolute atomic E-state index is 0. The molecule has 1 rings (SSSR count).